The van der Waals surface area contributed by atoms with Crippen LogP contribution in [0.5, 0.6) is 0 Å². The summed E-state index contributed by atoms with van der Waals surface area (Å²) in [6.45, 7) is 10.9. The van der Waals surface area contributed by atoms with E-state index in [4.69, 9.17) is 5.41 Å². The molecule has 0 amide bonds. The third-order valence-electron chi connectivity index (χ3n) is 6.37. The van der Waals surface area contributed by atoms with Gasteiger partial charge in [-0.15, -0.1) is 0 Å². The first-order valence-corrected chi connectivity index (χ1v) is 11.1. The second-order valence-electron chi connectivity index (χ2n) is 8.40. The highest BCUT2D eigenvalue weighted by Crippen LogP contribution is 2.38. The number of aromatic amines is 1. The van der Waals surface area contributed by atoms with Crippen molar-refractivity contribution in [3.63, 3.8) is 0 Å². The molecule has 0 unspecified atom stereocenters. The fraction of sp³-hybridized carbons (Fsp3) is 0.296. The quantitative estimate of drug-likeness (QED) is 0.361. The van der Waals surface area contributed by atoms with Crippen molar-refractivity contribution in [3.05, 3.63) is 83.1 Å². The molecular formula is C27H32N4. The van der Waals surface area contributed by atoms with Crippen LogP contribution in [0.25, 0.3) is 17.2 Å². The zero-order valence-corrected chi connectivity index (χ0v) is 18.8. The average Bonchev–Trinajstić information content (AvgIpc) is 3.47. The average molecular weight is 413 g/mol. The fourth-order valence-electron chi connectivity index (χ4n) is 4.53. The van der Waals surface area contributed by atoms with Gasteiger partial charge in [0, 0.05) is 49.6 Å². The number of nitrogens with one attached hydrogen (secondary N) is 2. The van der Waals surface area contributed by atoms with E-state index in [0.717, 1.165) is 31.0 Å². The van der Waals surface area contributed by atoms with E-state index in [1.54, 1.807) is 0 Å². The molecule has 0 bridgehead atoms. The lowest BCUT2D eigenvalue weighted by atomic mass is 9.92. The van der Waals surface area contributed by atoms with E-state index in [1.165, 1.54) is 46.3 Å². The van der Waals surface area contributed by atoms with Gasteiger partial charge in [0.25, 0.3) is 0 Å². The van der Waals surface area contributed by atoms with Crippen LogP contribution >= 0.6 is 0 Å². The van der Waals surface area contributed by atoms with E-state index >= 15 is 0 Å². The van der Waals surface area contributed by atoms with Gasteiger partial charge >= 0.3 is 0 Å². The van der Waals surface area contributed by atoms with E-state index < -0.39 is 0 Å². The van der Waals surface area contributed by atoms with Gasteiger partial charge < -0.3 is 14.8 Å². The number of rotatable bonds is 5. The molecule has 2 aliphatic rings. The summed E-state index contributed by atoms with van der Waals surface area (Å²) in [5, 5.41) is 8.64. The molecule has 0 aliphatic carbocycles. The Labute approximate surface area is 185 Å². The minimum Gasteiger partial charge on any atom is -0.357 e. The van der Waals surface area contributed by atoms with Crippen LogP contribution < -0.4 is 4.90 Å². The van der Waals surface area contributed by atoms with E-state index in [1.807, 2.05) is 6.08 Å². The number of nitrogens with zero attached hydrogens (tertiary/aromatic N) is 2. The van der Waals surface area contributed by atoms with Crippen LogP contribution in [-0.4, -0.2) is 42.4 Å². The highest BCUT2D eigenvalue weighted by molar-refractivity contribution is 6.00. The second kappa shape index (κ2) is 8.84. The van der Waals surface area contributed by atoms with Crippen LogP contribution in [0.4, 0.5) is 5.82 Å². The van der Waals surface area contributed by atoms with Crippen LogP contribution in [0.15, 0.2) is 60.8 Å². The van der Waals surface area contributed by atoms with E-state index in [9.17, 15) is 0 Å². The predicted molar refractivity (Wildman–Crippen MR) is 134 cm³/mol. The van der Waals surface area contributed by atoms with Crippen LogP contribution in [0.1, 0.15) is 48.9 Å². The van der Waals surface area contributed by atoms with Gasteiger partial charge in [-0.05, 0) is 61.1 Å². The molecule has 4 heteroatoms. The van der Waals surface area contributed by atoms with E-state index in [-0.39, 0.29) is 0 Å². The summed E-state index contributed by atoms with van der Waals surface area (Å²) < 4.78 is 0. The van der Waals surface area contributed by atoms with Gasteiger partial charge in [0.15, 0.2) is 0 Å². The number of H-pyrrole nitrogens is 1. The maximum Gasteiger partial charge on any atom is 0.128 e. The molecule has 1 aromatic heterocycles. The molecule has 0 atom stereocenters. The van der Waals surface area contributed by atoms with Crippen molar-refractivity contribution in [3.8, 4) is 0 Å². The number of benzene rings is 1. The largest absolute Gasteiger partial charge is 0.357 e. The smallest absolute Gasteiger partial charge is 0.128 e. The Bertz CT molecular complexity index is 1090. The Kier molecular flexibility index (Phi) is 5.99. The molecule has 0 radical (unpaired) electrons. The molecule has 2 N–H and O–H groups in total. The zero-order valence-electron chi connectivity index (χ0n) is 18.8. The normalized spacial score (nSPS) is 16.9. The summed E-state index contributed by atoms with van der Waals surface area (Å²) in [6, 6.07) is 8.48. The molecule has 31 heavy (non-hydrogen) atoms. The molecule has 1 saturated heterocycles. The number of likely N-dealkylation sites (N-methyl/N-ethyl adjacent to an activating group) is 1. The Morgan fingerprint density at radius 2 is 2.00 bits per heavy atom. The lowest BCUT2D eigenvalue weighted by Crippen LogP contribution is -2.28. The highest BCUT2D eigenvalue weighted by atomic mass is 15.2. The van der Waals surface area contributed by atoms with Gasteiger partial charge in [-0.25, -0.2) is 0 Å². The number of amidine groups is 1. The maximum atomic E-state index is 8.64. The fourth-order valence-corrected chi connectivity index (χ4v) is 4.53. The topological polar surface area (TPSA) is 46.1 Å². The Morgan fingerprint density at radius 3 is 2.71 bits per heavy atom. The van der Waals surface area contributed by atoms with E-state index in [2.05, 4.69) is 90.9 Å². The van der Waals surface area contributed by atoms with Crippen LogP contribution in [0.3, 0.4) is 0 Å². The number of likely N-dealkylation sites (tertiary alicyclic amines) is 1. The highest BCUT2D eigenvalue weighted by Gasteiger charge is 2.23. The standard InChI is InChI=1S/C27H32N4/c1-5-10-23(19(3)6-2)25-17-29-27-24(25)16-22(18-30(27)4)20-11-9-12-21(15-20)26(28)31-13-7-8-14-31/h5-6,9-12,15-17,28-29H,1,7-8,13-14,18H2,2-4H3/b19-6-,23-10+,28-26?. The summed E-state index contributed by atoms with van der Waals surface area (Å²) >= 11 is 0. The number of allylic oxidation sites excluding steroid dienone is 5. The van der Waals surface area contributed by atoms with Gasteiger partial charge in [0.05, 0.1) is 0 Å². The van der Waals surface area contributed by atoms with Gasteiger partial charge in [-0.1, -0.05) is 43.0 Å². The second-order valence-corrected chi connectivity index (χ2v) is 8.40. The van der Waals surface area contributed by atoms with Gasteiger partial charge in [-0.2, -0.15) is 0 Å². The first-order valence-electron chi connectivity index (χ1n) is 11.1. The van der Waals surface area contributed by atoms with Crippen molar-refractivity contribution in [2.24, 2.45) is 0 Å². The molecular weight excluding hydrogens is 380 g/mol. The molecule has 0 spiro atoms. The van der Waals surface area contributed by atoms with E-state index in [0.29, 0.717) is 5.84 Å². The van der Waals surface area contributed by atoms with Gasteiger partial charge in [0.1, 0.15) is 11.7 Å². The molecule has 2 aliphatic heterocycles. The zero-order chi connectivity index (χ0) is 22.0. The van der Waals surface area contributed by atoms with Gasteiger partial charge in [-0.3, -0.25) is 5.41 Å². The SMILES string of the molecule is C=C/C=C(\C(C)=C/C)c1c[nH]c2c1C=C(c1cccc(C(=N)N3CCCC3)c1)CN2C. The predicted octanol–water partition coefficient (Wildman–Crippen LogP) is 5.96. The number of aromatic nitrogens is 1. The van der Waals surface area contributed by atoms with Crippen LogP contribution in [0, 0.1) is 5.41 Å². The first kappa shape index (κ1) is 21.0. The Hall–Kier alpha value is -3.27. The van der Waals surface area contributed by atoms with Gasteiger partial charge in [0.2, 0.25) is 0 Å². The molecule has 2 aromatic rings. The molecule has 4 rings (SSSR count). The maximum absolute atomic E-state index is 8.64. The summed E-state index contributed by atoms with van der Waals surface area (Å²) in [5.41, 5.74) is 8.26. The molecule has 4 nitrogen and oxygen atoms in total. The third-order valence-corrected chi connectivity index (χ3v) is 6.37. The molecule has 1 fully saturated rings. The lowest BCUT2D eigenvalue weighted by molar-refractivity contribution is 0.517. The van der Waals surface area contributed by atoms with Crippen molar-refractivity contribution in [1.29, 1.82) is 5.41 Å². The first-order chi connectivity index (χ1) is 15.0. The van der Waals surface area contributed by atoms with Crippen molar-refractivity contribution >= 4 is 28.9 Å². The molecule has 0 saturated carbocycles. The lowest BCUT2D eigenvalue weighted by Gasteiger charge is -2.26. The Morgan fingerprint density at radius 1 is 1.23 bits per heavy atom. The number of fused-ring (bicyclic) bond motifs is 1. The number of hydrogen-bond donors (Lipinski definition) is 2. The van der Waals surface area contributed by atoms with Crippen molar-refractivity contribution in [2.75, 3.05) is 31.6 Å². The van der Waals surface area contributed by atoms with Crippen LogP contribution in [0.2, 0.25) is 0 Å². The number of anilines is 1. The summed E-state index contributed by atoms with van der Waals surface area (Å²) in [4.78, 5) is 7.93. The molecule has 3 heterocycles. The number of hydrogen-bond acceptors (Lipinski definition) is 2. The third kappa shape index (κ3) is 4.02. The summed E-state index contributed by atoms with van der Waals surface area (Å²) in [7, 11) is 2.13. The van der Waals surface area contributed by atoms with Crippen molar-refractivity contribution in [1.82, 2.24) is 9.88 Å². The molecule has 160 valence electrons. The van der Waals surface area contributed by atoms with Crippen LogP contribution in [-0.2, 0) is 0 Å². The summed E-state index contributed by atoms with van der Waals surface area (Å²) in [5.74, 6) is 1.78. The van der Waals surface area contributed by atoms with Crippen molar-refractivity contribution < 1.29 is 0 Å². The summed E-state index contributed by atoms with van der Waals surface area (Å²) in [6.07, 6.45) is 12.8. The monoisotopic (exact) mass is 412 g/mol. The Balaban J connectivity index is 1.74. The molecule has 1 aromatic carbocycles. The van der Waals surface area contributed by atoms with Crippen molar-refractivity contribution in [2.45, 2.75) is 26.7 Å². The minimum absolute atomic E-state index is 0.645. The minimum atomic E-state index is 0.645.